The molecule has 0 aliphatic heterocycles. The van der Waals surface area contributed by atoms with E-state index >= 15 is 0 Å². The maximum atomic E-state index is 2.34. The molecule has 0 bridgehead atoms. The summed E-state index contributed by atoms with van der Waals surface area (Å²) in [7, 11) is 0. The Bertz CT molecular complexity index is 272. The number of hydrogen-bond donors (Lipinski definition) is 0. The lowest BCUT2D eigenvalue weighted by molar-refractivity contribution is 1.05. The third-order valence-corrected chi connectivity index (χ3v) is 2.62. The van der Waals surface area contributed by atoms with E-state index in [2.05, 4.69) is 39.8 Å². The minimum atomic E-state index is 1.15. The summed E-state index contributed by atoms with van der Waals surface area (Å²) in [5.41, 5.74) is 5.88. The van der Waals surface area contributed by atoms with Crippen LogP contribution in [0.2, 0.25) is 0 Å². The third kappa shape index (κ3) is 1.69. The standard InChI is InChI=1S/C12H18/c1-5-11-7-9(3)10(4)12(6-2)8-11/h7-8H,5-6H2,1-4H3. The van der Waals surface area contributed by atoms with Gasteiger partial charge in [0.1, 0.15) is 0 Å². The Morgan fingerprint density at radius 1 is 1.00 bits per heavy atom. The van der Waals surface area contributed by atoms with E-state index in [-0.39, 0.29) is 0 Å². The van der Waals surface area contributed by atoms with E-state index in [1.807, 2.05) is 0 Å². The molecule has 0 aliphatic carbocycles. The lowest BCUT2D eigenvalue weighted by Crippen LogP contribution is -1.93. The molecular weight excluding hydrogens is 144 g/mol. The molecule has 0 aliphatic rings. The van der Waals surface area contributed by atoms with Gasteiger partial charge >= 0.3 is 0 Å². The summed E-state index contributed by atoms with van der Waals surface area (Å²) in [6.45, 7) is 8.85. The van der Waals surface area contributed by atoms with Crippen LogP contribution in [-0.4, -0.2) is 0 Å². The van der Waals surface area contributed by atoms with E-state index in [0.717, 1.165) is 12.8 Å². The number of rotatable bonds is 2. The van der Waals surface area contributed by atoms with Crippen LogP contribution in [0.3, 0.4) is 0 Å². The first kappa shape index (κ1) is 9.31. The zero-order valence-corrected chi connectivity index (χ0v) is 8.57. The van der Waals surface area contributed by atoms with Gasteiger partial charge in [0.2, 0.25) is 0 Å². The highest BCUT2D eigenvalue weighted by molar-refractivity contribution is 5.37. The fraction of sp³-hybridized carbons (Fsp3) is 0.500. The van der Waals surface area contributed by atoms with Gasteiger partial charge in [-0.3, -0.25) is 0 Å². The minimum absolute atomic E-state index is 1.15. The Morgan fingerprint density at radius 3 is 2.17 bits per heavy atom. The van der Waals surface area contributed by atoms with Crippen molar-refractivity contribution >= 4 is 0 Å². The second-order valence-electron chi connectivity index (χ2n) is 3.40. The van der Waals surface area contributed by atoms with Crippen molar-refractivity contribution in [3.05, 3.63) is 34.4 Å². The molecule has 12 heavy (non-hydrogen) atoms. The SMILES string of the molecule is CCc1cc(C)c(C)c(CC)c1. The van der Waals surface area contributed by atoms with E-state index < -0.39 is 0 Å². The smallest absolute Gasteiger partial charge is 0.0305 e. The maximum absolute atomic E-state index is 2.34. The van der Waals surface area contributed by atoms with Crippen molar-refractivity contribution in [2.24, 2.45) is 0 Å². The molecule has 1 aromatic rings. The average Bonchev–Trinajstić information content (AvgIpc) is 2.09. The van der Waals surface area contributed by atoms with Crippen molar-refractivity contribution in [2.75, 3.05) is 0 Å². The Balaban J connectivity index is 3.19. The topological polar surface area (TPSA) is 0 Å². The van der Waals surface area contributed by atoms with Crippen molar-refractivity contribution < 1.29 is 0 Å². The van der Waals surface area contributed by atoms with Crippen LogP contribution in [0.1, 0.15) is 36.1 Å². The van der Waals surface area contributed by atoms with Gasteiger partial charge in [0.05, 0.1) is 0 Å². The molecule has 0 fully saturated rings. The minimum Gasteiger partial charge on any atom is -0.0613 e. The van der Waals surface area contributed by atoms with Crippen LogP contribution in [0.5, 0.6) is 0 Å². The molecule has 0 aromatic heterocycles. The maximum Gasteiger partial charge on any atom is -0.0305 e. The molecule has 0 nitrogen and oxygen atoms in total. The van der Waals surface area contributed by atoms with Gasteiger partial charge < -0.3 is 0 Å². The van der Waals surface area contributed by atoms with Gasteiger partial charge in [-0.05, 0) is 48.9 Å². The van der Waals surface area contributed by atoms with Crippen LogP contribution in [0.25, 0.3) is 0 Å². The highest BCUT2D eigenvalue weighted by atomic mass is 14.1. The largest absolute Gasteiger partial charge is 0.0613 e. The predicted octanol–water partition coefficient (Wildman–Crippen LogP) is 3.43. The van der Waals surface area contributed by atoms with Crippen LogP contribution >= 0.6 is 0 Å². The molecule has 0 amide bonds. The fourth-order valence-electron chi connectivity index (χ4n) is 1.58. The van der Waals surface area contributed by atoms with Gasteiger partial charge in [0.15, 0.2) is 0 Å². The van der Waals surface area contributed by atoms with Crippen LogP contribution in [0.4, 0.5) is 0 Å². The molecule has 0 saturated carbocycles. The summed E-state index contributed by atoms with van der Waals surface area (Å²) in [5.74, 6) is 0. The molecule has 1 rings (SSSR count). The summed E-state index contributed by atoms with van der Waals surface area (Å²) in [6.07, 6.45) is 2.30. The molecule has 0 N–H and O–H groups in total. The fourth-order valence-corrected chi connectivity index (χ4v) is 1.58. The van der Waals surface area contributed by atoms with Crippen molar-refractivity contribution in [3.63, 3.8) is 0 Å². The monoisotopic (exact) mass is 162 g/mol. The first-order valence-electron chi connectivity index (χ1n) is 4.78. The van der Waals surface area contributed by atoms with Crippen molar-refractivity contribution in [3.8, 4) is 0 Å². The van der Waals surface area contributed by atoms with Crippen molar-refractivity contribution in [1.29, 1.82) is 0 Å². The zero-order chi connectivity index (χ0) is 9.14. The van der Waals surface area contributed by atoms with E-state index in [0.29, 0.717) is 0 Å². The lowest BCUT2D eigenvalue weighted by Gasteiger charge is -2.09. The molecule has 0 radical (unpaired) electrons. The summed E-state index contributed by atoms with van der Waals surface area (Å²) in [6, 6.07) is 4.64. The van der Waals surface area contributed by atoms with Crippen LogP contribution < -0.4 is 0 Å². The van der Waals surface area contributed by atoms with Gasteiger partial charge in [-0.2, -0.15) is 0 Å². The molecule has 0 spiro atoms. The molecular formula is C12H18. The van der Waals surface area contributed by atoms with E-state index in [9.17, 15) is 0 Å². The molecule has 0 heteroatoms. The number of aryl methyl sites for hydroxylation is 3. The molecule has 66 valence electrons. The quantitative estimate of drug-likeness (QED) is 0.625. The molecule has 0 atom stereocenters. The summed E-state index contributed by atoms with van der Waals surface area (Å²) < 4.78 is 0. The van der Waals surface area contributed by atoms with Gasteiger partial charge in [-0.15, -0.1) is 0 Å². The van der Waals surface area contributed by atoms with Crippen molar-refractivity contribution in [2.45, 2.75) is 40.5 Å². The second kappa shape index (κ2) is 3.75. The number of benzene rings is 1. The summed E-state index contributed by atoms with van der Waals surface area (Å²) in [4.78, 5) is 0. The Labute approximate surface area is 75.6 Å². The van der Waals surface area contributed by atoms with E-state index in [1.165, 1.54) is 22.3 Å². The van der Waals surface area contributed by atoms with E-state index in [1.54, 1.807) is 0 Å². The molecule has 0 heterocycles. The summed E-state index contributed by atoms with van der Waals surface area (Å²) >= 11 is 0. The third-order valence-electron chi connectivity index (χ3n) is 2.62. The normalized spacial score (nSPS) is 10.3. The van der Waals surface area contributed by atoms with Gasteiger partial charge in [-0.25, -0.2) is 0 Å². The van der Waals surface area contributed by atoms with Crippen LogP contribution in [-0.2, 0) is 12.8 Å². The Kier molecular flexibility index (Phi) is 2.91. The first-order valence-corrected chi connectivity index (χ1v) is 4.78. The highest BCUT2D eigenvalue weighted by Gasteiger charge is 2.00. The Hall–Kier alpha value is -0.780. The predicted molar refractivity (Wildman–Crippen MR) is 54.7 cm³/mol. The average molecular weight is 162 g/mol. The lowest BCUT2D eigenvalue weighted by atomic mass is 9.97. The van der Waals surface area contributed by atoms with E-state index in [4.69, 9.17) is 0 Å². The zero-order valence-electron chi connectivity index (χ0n) is 8.57. The van der Waals surface area contributed by atoms with Gasteiger partial charge in [0, 0.05) is 0 Å². The van der Waals surface area contributed by atoms with Gasteiger partial charge in [-0.1, -0.05) is 26.0 Å². The van der Waals surface area contributed by atoms with Crippen LogP contribution in [0, 0.1) is 13.8 Å². The molecule has 1 aromatic carbocycles. The Morgan fingerprint density at radius 2 is 1.67 bits per heavy atom. The van der Waals surface area contributed by atoms with Gasteiger partial charge in [0.25, 0.3) is 0 Å². The highest BCUT2D eigenvalue weighted by Crippen LogP contribution is 2.17. The second-order valence-corrected chi connectivity index (χ2v) is 3.40. The first-order chi connectivity index (χ1) is 5.69. The molecule has 0 saturated heterocycles. The number of hydrogen-bond acceptors (Lipinski definition) is 0. The summed E-state index contributed by atoms with van der Waals surface area (Å²) in [5, 5.41) is 0. The molecule has 0 unspecified atom stereocenters. The van der Waals surface area contributed by atoms with Crippen molar-refractivity contribution in [1.82, 2.24) is 0 Å². The van der Waals surface area contributed by atoms with Crippen LogP contribution in [0.15, 0.2) is 12.1 Å².